The normalized spacial score (nSPS) is 19.8. The molecule has 3 rings (SSSR count). The Morgan fingerprint density at radius 2 is 2.18 bits per heavy atom. The number of carbonyl (C=O) groups excluding carboxylic acids is 1. The Bertz CT molecular complexity index is 602. The molecule has 3 heterocycles. The van der Waals surface area contributed by atoms with E-state index >= 15 is 0 Å². The lowest BCUT2D eigenvalue weighted by Crippen LogP contribution is -2.28. The van der Waals surface area contributed by atoms with Crippen LogP contribution >= 0.6 is 0 Å². The third-order valence-electron chi connectivity index (χ3n) is 4.23. The standard InChI is InChI=1S/C17H21NO4/c1-20-17(19)16-13(8-11-22-16)12-18-9-4-2-3-6-14(18)15-7-5-10-21-15/h5,7-8,10-11,14H,2-4,6,9,12H2,1H3. The van der Waals surface area contributed by atoms with Gasteiger partial charge in [-0.05, 0) is 37.6 Å². The summed E-state index contributed by atoms with van der Waals surface area (Å²) >= 11 is 0. The number of carbonyl (C=O) groups is 1. The second-order valence-electron chi connectivity index (χ2n) is 5.62. The first-order valence-corrected chi connectivity index (χ1v) is 7.71. The molecule has 0 aromatic carbocycles. The Morgan fingerprint density at radius 3 is 2.95 bits per heavy atom. The summed E-state index contributed by atoms with van der Waals surface area (Å²) in [5.74, 6) is 0.860. The molecular formula is C17H21NO4. The molecule has 0 saturated carbocycles. The van der Waals surface area contributed by atoms with Gasteiger partial charge in [0, 0.05) is 12.1 Å². The molecule has 0 spiro atoms. The Labute approximate surface area is 129 Å². The molecule has 0 aliphatic carbocycles. The fourth-order valence-corrected chi connectivity index (χ4v) is 3.11. The number of nitrogens with zero attached hydrogens (tertiary/aromatic N) is 1. The van der Waals surface area contributed by atoms with Crippen molar-refractivity contribution in [3.63, 3.8) is 0 Å². The van der Waals surface area contributed by atoms with Crippen molar-refractivity contribution in [3.8, 4) is 0 Å². The number of rotatable bonds is 4. The molecule has 1 unspecified atom stereocenters. The van der Waals surface area contributed by atoms with Crippen molar-refractivity contribution < 1.29 is 18.4 Å². The predicted molar refractivity (Wildman–Crippen MR) is 80.4 cm³/mol. The molecule has 0 bridgehead atoms. The van der Waals surface area contributed by atoms with Crippen molar-refractivity contribution in [1.82, 2.24) is 4.90 Å². The van der Waals surface area contributed by atoms with Crippen LogP contribution in [0.2, 0.25) is 0 Å². The Morgan fingerprint density at radius 1 is 1.27 bits per heavy atom. The molecule has 118 valence electrons. The quantitative estimate of drug-likeness (QED) is 0.805. The third kappa shape index (κ3) is 3.09. The lowest BCUT2D eigenvalue weighted by Gasteiger charge is -2.28. The molecule has 0 radical (unpaired) electrons. The molecule has 2 aromatic heterocycles. The predicted octanol–water partition coefficient (Wildman–Crippen LogP) is 3.78. The van der Waals surface area contributed by atoms with Crippen molar-refractivity contribution >= 4 is 5.97 Å². The minimum absolute atomic E-state index is 0.248. The number of methoxy groups -OCH3 is 1. The van der Waals surface area contributed by atoms with Gasteiger partial charge in [0.25, 0.3) is 0 Å². The van der Waals surface area contributed by atoms with E-state index in [4.69, 9.17) is 13.6 Å². The van der Waals surface area contributed by atoms with Crippen molar-refractivity contribution in [1.29, 1.82) is 0 Å². The zero-order valence-corrected chi connectivity index (χ0v) is 12.8. The molecule has 0 amide bonds. The molecule has 1 aliphatic heterocycles. The molecule has 2 aromatic rings. The Kier molecular flexibility index (Phi) is 4.63. The van der Waals surface area contributed by atoms with E-state index in [-0.39, 0.29) is 6.04 Å². The van der Waals surface area contributed by atoms with Gasteiger partial charge in [0.2, 0.25) is 5.76 Å². The lowest BCUT2D eigenvalue weighted by atomic mass is 10.1. The van der Waals surface area contributed by atoms with E-state index in [2.05, 4.69) is 4.90 Å². The van der Waals surface area contributed by atoms with Crippen LogP contribution in [-0.2, 0) is 11.3 Å². The molecule has 1 fully saturated rings. The number of hydrogen-bond acceptors (Lipinski definition) is 5. The minimum Gasteiger partial charge on any atom is -0.468 e. The lowest BCUT2D eigenvalue weighted by molar-refractivity contribution is 0.0560. The van der Waals surface area contributed by atoms with Crippen LogP contribution in [0.4, 0.5) is 0 Å². The van der Waals surface area contributed by atoms with Crippen LogP contribution in [0, 0.1) is 0 Å². The van der Waals surface area contributed by atoms with E-state index in [1.807, 2.05) is 18.2 Å². The van der Waals surface area contributed by atoms with E-state index in [0.717, 1.165) is 30.7 Å². The Hall–Kier alpha value is -2.01. The SMILES string of the molecule is COC(=O)c1occc1CN1CCCCCC1c1ccco1. The van der Waals surface area contributed by atoms with Crippen molar-refractivity contribution in [2.45, 2.75) is 38.3 Å². The van der Waals surface area contributed by atoms with Gasteiger partial charge in [0.15, 0.2) is 0 Å². The smallest absolute Gasteiger partial charge is 0.374 e. The average Bonchev–Trinajstić information content (AvgIpc) is 3.16. The van der Waals surface area contributed by atoms with Crippen LogP contribution in [0.5, 0.6) is 0 Å². The van der Waals surface area contributed by atoms with Gasteiger partial charge in [-0.2, -0.15) is 0 Å². The Balaban J connectivity index is 1.82. The molecule has 22 heavy (non-hydrogen) atoms. The number of likely N-dealkylation sites (tertiary alicyclic amines) is 1. The molecule has 5 nitrogen and oxygen atoms in total. The summed E-state index contributed by atoms with van der Waals surface area (Å²) in [6.45, 7) is 1.64. The minimum atomic E-state index is -0.427. The highest BCUT2D eigenvalue weighted by Crippen LogP contribution is 2.32. The third-order valence-corrected chi connectivity index (χ3v) is 4.23. The van der Waals surface area contributed by atoms with Gasteiger partial charge in [-0.25, -0.2) is 4.79 Å². The maximum atomic E-state index is 11.8. The van der Waals surface area contributed by atoms with E-state index in [1.165, 1.54) is 20.0 Å². The van der Waals surface area contributed by atoms with Crippen LogP contribution in [0.3, 0.4) is 0 Å². The van der Waals surface area contributed by atoms with Crippen molar-refractivity contribution in [2.75, 3.05) is 13.7 Å². The summed E-state index contributed by atoms with van der Waals surface area (Å²) in [5, 5.41) is 0. The van der Waals surface area contributed by atoms with Gasteiger partial charge in [0.05, 0.1) is 25.7 Å². The van der Waals surface area contributed by atoms with Gasteiger partial charge in [-0.3, -0.25) is 4.90 Å². The van der Waals surface area contributed by atoms with Gasteiger partial charge >= 0.3 is 5.97 Å². The first-order valence-electron chi connectivity index (χ1n) is 7.71. The molecule has 1 aliphatic rings. The molecule has 1 saturated heterocycles. The zero-order chi connectivity index (χ0) is 15.4. The van der Waals surface area contributed by atoms with Gasteiger partial charge in [-0.15, -0.1) is 0 Å². The molecule has 0 N–H and O–H groups in total. The van der Waals surface area contributed by atoms with E-state index in [9.17, 15) is 4.79 Å². The van der Waals surface area contributed by atoms with Crippen molar-refractivity contribution in [2.24, 2.45) is 0 Å². The molecular weight excluding hydrogens is 282 g/mol. The molecule has 5 heteroatoms. The van der Waals surface area contributed by atoms with Crippen LogP contribution in [0.1, 0.15) is 53.6 Å². The van der Waals surface area contributed by atoms with Crippen molar-refractivity contribution in [3.05, 3.63) is 47.8 Å². The summed E-state index contributed by atoms with van der Waals surface area (Å²) in [6.07, 6.45) is 7.90. The monoisotopic (exact) mass is 303 g/mol. The summed E-state index contributed by atoms with van der Waals surface area (Å²) < 4.78 is 15.7. The second kappa shape index (κ2) is 6.83. The second-order valence-corrected chi connectivity index (χ2v) is 5.62. The van der Waals surface area contributed by atoms with Crippen LogP contribution in [0.25, 0.3) is 0 Å². The number of ether oxygens (including phenoxy) is 1. The summed E-state index contributed by atoms with van der Waals surface area (Å²) in [5.41, 5.74) is 0.866. The number of esters is 1. The zero-order valence-electron chi connectivity index (χ0n) is 12.8. The average molecular weight is 303 g/mol. The summed E-state index contributed by atoms with van der Waals surface area (Å²) in [7, 11) is 1.37. The van der Waals surface area contributed by atoms with E-state index in [0.29, 0.717) is 12.3 Å². The first kappa shape index (κ1) is 14.9. The first-order chi connectivity index (χ1) is 10.8. The fraction of sp³-hybridized carbons (Fsp3) is 0.471. The number of hydrogen-bond donors (Lipinski definition) is 0. The summed E-state index contributed by atoms with van der Waals surface area (Å²) in [6, 6.07) is 6.05. The highest BCUT2D eigenvalue weighted by Gasteiger charge is 2.27. The van der Waals surface area contributed by atoms with Crippen LogP contribution in [0.15, 0.2) is 39.6 Å². The largest absolute Gasteiger partial charge is 0.468 e. The van der Waals surface area contributed by atoms with Gasteiger partial charge in [-0.1, -0.05) is 12.8 Å². The maximum Gasteiger partial charge on any atom is 0.374 e. The fourth-order valence-electron chi connectivity index (χ4n) is 3.11. The van der Waals surface area contributed by atoms with E-state index < -0.39 is 5.97 Å². The van der Waals surface area contributed by atoms with Crippen LogP contribution < -0.4 is 0 Å². The maximum absolute atomic E-state index is 11.8. The van der Waals surface area contributed by atoms with Gasteiger partial charge < -0.3 is 13.6 Å². The molecule has 1 atom stereocenters. The van der Waals surface area contributed by atoms with E-state index in [1.54, 1.807) is 12.5 Å². The number of furan rings is 2. The van der Waals surface area contributed by atoms with Gasteiger partial charge in [0.1, 0.15) is 5.76 Å². The summed E-state index contributed by atoms with van der Waals surface area (Å²) in [4.78, 5) is 14.1. The highest BCUT2D eigenvalue weighted by atomic mass is 16.5. The van der Waals surface area contributed by atoms with Crippen LogP contribution in [-0.4, -0.2) is 24.5 Å². The highest BCUT2D eigenvalue weighted by molar-refractivity contribution is 5.87. The topological polar surface area (TPSA) is 55.8 Å².